The Labute approximate surface area is 166 Å². The van der Waals surface area contributed by atoms with Gasteiger partial charge in [0.15, 0.2) is 0 Å². The Morgan fingerprint density at radius 2 is 1.75 bits per heavy atom. The van der Waals surface area contributed by atoms with Crippen LogP contribution in [0.4, 0.5) is 5.69 Å². The summed E-state index contributed by atoms with van der Waals surface area (Å²) in [4.78, 5) is 14.8. The number of anilines is 1. The quantitative estimate of drug-likeness (QED) is 0.805. The SMILES string of the molecule is Cc1ccc2c(c1)C1(OCCO1)C(=O)N2CCOc1ccc(C(C)(C)C)cc1. The molecule has 1 spiro atoms. The molecule has 0 aliphatic carbocycles. The second-order valence-electron chi connectivity index (χ2n) is 8.41. The van der Waals surface area contributed by atoms with Gasteiger partial charge >= 0.3 is 0 Å². The number of hydrogen-bond acceptors (Lipinski definition) is 4. The summed E-state index contributed by atoms with van der Waals surface area (Å²) in [6.07, 6.45) is 0. The van der Waals surface area contributed by atoms with Gasteiger partial charge in [0.05, 0.1) is 25.4 Å². The van der Waals surface area contributed by atoms with E-state index in [9.17, 15) is 4.79 Å². The van der Waals surface area contributed by atoms with Crippen molar-refractivity contribution in [3.05, 3.63) is 59.2 Å². The summed E-state index contributed by atoms with van der Waals surface area (Å²) < 4.78 is 17.5. The summed E-state index contributed by atoms with van der Waals surface area (Å²) in [7, 11) is 0. The minimum absolute atomic E-state index is 0.109. The minimum Gasteiger partial charge on any atom is -0.492 e. The maximum absolute atomic E-state index is 13.1. The number of hydrogen-bond donors (Lipinski definition) is 0. The fraction of sp³-hybridized carbons (Fsp3) is 0.435. The number of amides is 1. The van der Waals surface area contributed by atoms with Gasteiger partial charge in [-0.05, 0) is 42.2 Å². The van der Waals surface area contributed by atoms with Gasteiger partial charge in [0, 0.05) is 5.56 Å². The summed E-state index contributed by atoms with van der Waals surface area (Å²) in [5, 5.41) is 0. The molecule has 5 heteroatoms. The number of aryl methyl sites for hydroxylation is 1. The molecule has 0 bridgehead atoms. The Bertz CT molecular complexity index is 876. The van der Waals surface area contributed by atoms with E-state index in [1.807, 2.05) is 37.3 Å². The van der Waals surface area contributed by atoms with Crippen molar-refractivity contribution in [2.75, 3.05) is 31.3 Å². The molecule has 4 rings (SSSR count). The van der Waals surface area contributed by atoms with E-state index >= 15 is 0 Å². The summed E-state index contributed by atoms with van der Waals surface area (Å²) in [6.45, 7) is 10.2. The van der Waals surface area contributed by atoms with Gasteiger partial charge in [-0.3, -0.25) is 4.79 Å². The smallest absolute Gasteiger partial charge is 0.292 e. The van der Waals surface area contributed by atoms with Crippen LogP contribution in [-0.2, 0) is 25.5 Å². The Kier molecular flexibility index (Phi) is 4.68. The van der Waals surface area contributed by atoms with Crippen molar-refractivity contribution >= 4 is 11.6 Å². The summed E-state index contributed by atoms with van der Waals surface area (Å²) in [5.74, 6) is -0.653. The molecule has 0 unspecified atom stereocenters. The lowest BCUT2D eigenvalue weighted by Gasteiger charge is -2.22. The lowest BCUT2D eigenvalue weighted by Crippen LogP contribution is -2.42. The van der Waals surface area contributed by atoms with Gasteiger partial charge < -0.3 is 19.1 Å². The largest absolute Gasteiger partial charge is 0.492 e. The highest BCUT2D eigenvalue weighted by atomic mass is 16.7. The molecule has 28 heavy (non-hydrogen) atoms. The van der Waals surface area contributed by atoms with Crippen molar-refractivity contribution < 1.29 is 19.0 Å². The number of carbonyl (C=O) groups is 1. The van der Waals surface area contributed by atoms with Gasteiger partial charge in [-0.15, -0.1) is 0 Å². The van der Waals surface area contributed by atoms with E-state index in [4.69, 9.17) is 14.2 Å². The van der Waals surface area contributed by atoms with Crippen molar-refractivity contribution in [2.45, 2.75) is 38.9 Å². The Morgan fingerprint density at radius 3 is 2.39 bits per heavy atom. The molecule has 148 valence electrons. The summed E-state index contributed by atoms with van der Waals surface area (Å²) in [6, 6.07) is 14.1. The standard InChI is InChI=1S/C23H27NO4/c1-16-5-10-20-19(15-16)23(27-13-14-28-23)21(25)24(20)11-12-26-18-8-6-17(7-9-18)22(2,3)4/h5-10,15H,11-14H2,1-4H3. The first-order valence-electron chi connectivity index (χ1n) is 9.76. The average Bonchev–Trinajstić information content (AvgIpc) is 3.23. The topological polar surface area (TPSA) is 48.0 Å². The Morgan fingerprint density at radius 1 is 1.07 bits per heavy atom. The Hall–Kier alpha value is -2.37. The van der Waals surface area contributed by atoms with Crippen LogP contribution in [0.3, 0.4) is 0 Å². The Balaban J connectivity index is 1.48. The number of nitrogens with zero attached hydrogens (tertiary/aromatic N) is 1. The lowest BCUT2D eigenvalue weighted by atomic mass is 9.87. The zero-order chi connectivity index (χ0) is 19.9. The van der Waals surface area contributed by atoms with Gasteiger partial charge in [0.1, 0.15) is 12.4 Å². The number of ether oxygens (including phenoxy) is 3. The second-order valence-corrected chi connectivity index (χ2v) is 8.41. The summed E-state index contributed by atoms with van der Waals surface area (Å²) in [5.41, 5.74) is 4.07. The molecule has 2 aliphatic rings. The van der Waals surface area contributed by atoms with E-state index in [1.165, 1.54) is 5.56 Å². The van der Waals surface area contributed by atoms with Gasteiger partial charge in [-0.1, -0.05) is 44.5 Å². The van der Waals surface area contributed by atoms with Crippen LogP contribution in [0.2, 0.25) is 0 Å². The molecule has 1 fully saturated rings. The van der Waals surface area contributed by atoms with Crippen LogP contribution in [0, 0.1) is 6.92 Å². The molecule has 0 saturated carbocycles. The van der Waals surface area contributed by atoms with E-state index in [0.29, 0.717) is 26.4 Å². The molecule has 1 amide bonds. The molecule has 2 aromatic rings. The average molecular weight is 381 g/mol. The predicted molar refractivity (Wildman–Crippen MR) is 108 cm³/mol. The predicted octanol–water partition coefficient (Wildman–Crippen LogP) is 3.92. The lowest BCUT2D eigenvalue weighted by molar-refractivity contribution is -0.180. The normalized spacial score (nSPS) is 18.0. The van der Waals surface area contributed by atoms with E-state index in [0.717, 1.165) is 22.6 Å². The monoisotopic (exact) mass is 381 g/mol. The van der Waals surface area contributed by atoms with Crippen LogP contribution in [0.15, 0.2) is 42.5 Å². The second kappa shape index (κ2) is 6.90. The molecular formula is C23H27NO4. The first-order chi connectivity index (χ1) is 13.3. The van der Waals surface area contributed by atoms with Crippen molar-refractivity contribution in [1.29, 1.82) is 0 Å². The van der Waals surface area contributed by atoms with Crippen LogP contribution in [0.1, 0.15) is 37.5 Å². The fourth-order valence-corrected chi connectivity index (χ4v) is 3.77. The third-order valence-corrected chi connectivity index (χ3v) is 5.32. The molecule has 0 N–H and O–H groups in total. The van der Waals surface area contributed by atoms with Crippen molar-refractivity contribution in [3.63, 3.8) is 0 Å². The maximum atomic E-state index is 13.1. The highest BCUT2D eigenvalue weighted by Gasteiger charge is 2.55. The maximum Gasteiger partial charge on any atom is 0.292 e. The highest BCUT2D eigenvalue weighted by Crippen LogP contribution is 2.45. The van der Waals surface area contributed by atoms with Crippen LogP contribution < -0.4 is 9.64 Å². The van der Waals surface area contributed by atoms with Gasteiger partial charge in [0.25, 0.3) is 11.7 Å². The molecule has 0 aromatic heterocycles. The molecule has 2 heterocycles. The van der Waals surface area contributed by atoms with E-state index < -0.39 is 5.79 Å². The first kappa shape index (κ1) is 19.0. The van der Waals surface area contributed by atoms with E-state index in [1.54, 1.807) is 4.90 Å². The number of carbonyl (C=O) groups excluding carboxylic acids is 1. The first-order valence-corrected chi connectivity index (χ1v) is 9.76. The van der Waals surface area contributed by atoms with E-state index in [-0.39, 0.29) is 11.3 Å². The van der Waals surface area contributed by atoms with Crippen molar-refractivity contribution in [3.8, 4) is 5.75 Å². The minimum atomic E-state index is -1.28. The zero-order valence-electron chi connectivity index (χ0n) is 17.0. The summed E-state index contributed by atoms with van der Waals surface area (Å²) >= 11 is 0. The van der Waals surface area contributed by atoms with Gasteiger partial charge in [0.2, 0.25) is 0 Å². The molecular weight excluding hydrogens is 354 g/mol. The highest BCUT2D eigenvalue weighted by molar-refractivity contribution is 6.06. The van der Waals surface area contributed by atoms with E-state index in [2.05, 4.69) is 32.9 Å². The molecule has 5 nitrogen and oxygen atoms in total. The third kappa shape index (κ3) is 3.19. The molecule has 2 aliphatic heterocycles. The molecule has 0 radical (unpaired) electrons. The number of fused-ring (bicyclic) bond motifs is 2. The molecule has 2 aromatic carbocycles. The number of rotatable bonds is 4. The fourth-order valence-electron chi connectivity index (χ4n) is 3.77. The van der Waals surface area contributed by atoms with Crippen LogP contribution in [-0.4, -0.2) is 32.3 Å². The van der Waals surface area contributed by atoms with Crippen LogP contribution in [0.25, 0.3) is 0 Å². The number of benzene rings is 2. The zero-order valence-corrected chi connectivity index (χ0v) is 17.0. The van der Waals surface area contributed by atoms with Gasteiger partial charge in [-0.25, -0.2) is 0 Å². The third-order valence-electron chi connectivity index (χ3n) is 5.32. The molecule has 1 saturated heterocycles. The van der Waals surface area contributed by atoms with Crippen LogP contribution in [0.5, 0.6) is 5.75 Å². The van der Waals surface area contributed by atoms with Gasteiger partial charge in [-0.2, -0.15) is 0 Å². The van der Waals surface area contributed by atoms with Crippen LogP contribution >= 0.6 is 0 Å². The molecule has 0 atom stereocenters. The van der Waals surface area contributed by atoms with Crippen molar-refractivity contribution in [2.24, 2.45) is 0 Å². The van der Waals surface area contributed by atoms with Crippen molar-refractivity contribution in [1.82, 2.24) is 0 Å².